The van der Waals surface area contributed by atoms with E-state index in [4.69, 9.17) is 23.2 Å². The van der Waals surface area contributed by atoms with E-state index in [1.54, 1.807) is 12.1 Å². The summed E-state index contributed by atoms with van der Waals surface area (Å²) >= 11 is 13.2. The molecule has 2 amide bonds. The van der Waals surface area contributed by atoms with Crippen molar-refractivity contribution in [2.24, 2.45) is 0 Å². The Morgan fingerprint density at radius 1 is 1.32 bits per heavy atom. The number of carbonyl (C=O) groups excluding carboxylic acids is 1. The molecule has 3 N–H and O–H groups in total. The number of carbonyl (C=O) groups is 1. The van der Waals surface area contributed by atoms with Crippen LogP contribution in [0, 0.1) is 0 Å². The average molecular weight is 359 g/mol. The molecule has 0 aliphatic rings. The summed E-state index contributed by atoms with van der Waals surface area (Å²) in [5, 5.41) is 12.0. The number of anilines is 1. The summed E-state index contributed by atoms with van der Waals surface area (Å²) in [7, 11) is 1.89. The van der Waals surface area contributed by atoms with Crippen molar-refractivity contribution < 1.29 is 4.79 Å². The summed E-state index contributed by atoms with van der Waals surface area (Å²) in [6, 6.07) is 4.94. The van der Waals surface area contributed by atoms with Crippen LogP contribution in [0.4, 0.5) is 9.93 Å². The lowest BCUT2D eigenvalue weighted by atomic mass is 10.2. The summed E-state index contributed by atoms with van der Waals surface area (Å²) < 4.78 is 0. The molecule has 0 saturated carbocycles. The maximum atomic E-state index is 11.8. The predicted molar refractivity (Wildman–Crippen MR) is 92.1 cm³/mol. The van der Waals surface area contributed by atoms with E-state index in [1.165, 1.54) is 11.3 Å². The number of aromatic nitrogens is 1. The van der Waals surface area contributed by atoms with Crippen LogP contribution < -0.4 is 16.0 Å². The van der Waals surface area contributed by atoms with Gasteiger partial charge in [-0.3, -0.25) is 5.32 Å². The number of rotatable bonds is 6. The molecule has 0 bridgehead atoms. The molecule has 0 radical (unpaired) electrons. The van der Waals surface area contributed by atoms with Gasteiger partial charge in [-0.05, 0) is 24.7 Å². The number of hydrogen-bond acceptors (Lipinski definition) is 4. The molecule has 118 valence electrons. The van der Waals surface area contributed by atoms with Crippen LogP contribution in [-0.2, 0) is 13.0 Å². The second-order valence-electron chi connectivity index (χ2n) is 4.55. The van der Waals surface area contributed by atoms with Gasteiger partial charge in [0.25, 0.3) is 0 Å². The summed E-state index contributed by atoms with van der Waals surface area (Å²) in [5.41, 5.74) is 1.83. The molecule has 0 fully saturated rings. The van der Waals surface area contributed by atoms with Crippen LogP contribution in [0.2, 0.25) is 10.0 Å². The minimum absolute atomic E-state index is 0.305. The molecule has 0 unspecified atom stereocenters. The average Bonchev–Trinajstić information content (AvgIpc) is 2.94. The highest BCUT2D eigenvalue weighted by molar-refractivity contribution is 7.13. The number of likely N-dealkylation sites (N-methyl/N-ethyl adjacent to an activating group) is 1. The first kappa shape index (κ1) is 17.0. The number of amides is 2. The first-order valence-electron chi connectivity index (χ1n) is 6.66. The number of thiazole rings is 1. The third-order valence-electron chi connectivity index (χ3n) is 2.84. The Balaban J connectivity index is 1.82. The SMILES string of the molecule is CNCCc1csc(NC(=O)NCc2ccc(Cl)c(Cl)c2)n1. The van der Waals surface area contributed by atoms with Gasteiger partial charge < -0.3 is 10.6 Å². The summed E-state index contributed by atoms with van der Waals surface area (Å²) in [6.07, 6.45) is 0.833. The van der Waals surface area contributed by atoms with Crippen LogP contribution >= 0.6 is 34.5 Å². The van der Waals surface area contributed by atoms with E-state index in [1.807, 2.05) is 18.5 Å². The first-order chi connectivity index (χ1) is 10.6. The fourth-order valence-corrected chi connectivity index (χ4v) is 2.77. The highest BCUT2D eigenvalue weighted by Gasteiger charge is 2.07. The molecular formula is C14H16Cl2N4OS. The molecule has 0 saturated heterocycles. The standard InChI is InChI=1S/C14H16Cl2N4OS/c1-17-5-4-10-8-22-14(19-10)20-13(21)18-7-9-2-3-11(15)12(16)6-9/h2-3,6,8,17H,4-5,7H2,1H3,(H2,18,19,20,21). The van der Waals surface area contributed by atoms with Crippen LogP contribution in [0.3, 0.4) is 0 Å². The monoisotopic (exact) mass is 358 g/mol. The van der Waals surface area contributed by atoms with Gasteiger partial charge in [-0.1, -0.05) is 29.3 Å². The number of benzene rings is 1. The number of urea groups is 1. The van der Waals surface area contributed by atoms with E-state index in [9.17, 15) is 4.79 Å². The van der Waals surface area contributed by atoms with Crippen molar-refractivity contribution in [3.8, 4) is 0 Å². The number of nitrogens with zero attached hydrogens (tertiary/aromatic N) is 1. The second-order valence-corrected chi connectivity index (χ2v) is 6.23. The molecule has 0 atom stereocenters. The lowest BCUT2D eigenvalue weighted by Crippen LogP contribution is -2.28. The Morgan fingerprint density at radius 3 is 2.86 bits per heavy atom. The zero-order valence-corrected chi connectivity index (χ0v) is 14.3. The zero-order valence-electron chi connectivity index (χ0n) is 12.0. The van der Waals surface area contributed by atoms with E-state index in [-0.39, 0.29) is 6.03 Å². The normalized spacial score (nSPS) is 10.5. The van der Waals surface area contributed by atoms with E-state index in [0.29, 0.717) is 21.7 Å². The molecule has 2 rings (SSSR count). The van der Waals surface area contributed by atoms with Gasteiger partial charge in [-0.25, -0.2) is 9.78 Å². The van der Waals surface area contributed by atoms with Gasteiger partial charge >= 0.3 is 6.03 Å². The van der Waals surface area contributed by atoms with Gasteiger partial charge in [0.2, 0.25) is 0 Å². The zero-order chi connectivity index (χ0) is 15.9. The molecular weight excluding hydrogens is 343 g/mol. The molecule has 8 heteroatoms. The molecule has 0 aliphatic heterocycles. The highest BCUT2D eigenvalue weighted by Crippen LogP contribution is 2.22. The van der Waals surface area contributed by atoms with Gasteiger partial charge in [0.1, 0.15) is 0 Å². The van der Waals surface area contributed by atoms with Crippen molar-refractivity contribution in [3.63, 3.8) is 0 Å². The van der Waals surface area contributed by atoms with Gasteiger partial charge in [0.15, 0.2) is 5.13 Å². The maximum absolute atomic E-state index is 11.8. The van der Waals surface area contributed by atoms with Crippen molar-refractivity contribution >= 4 is 45.7 Å². The Morgan fingerprint density at radius 2 is 2.14 bits per heavy atom. The van der Waals surface area contributed by atoms with Crippen molar-refractivity contribution in [2.75, 3.05) is 18.9 Å². The topological polar surface area (TPSA) is 66.0 Å². The Hall–Kier alpha value is -1.34. The van der Waals surface area contributed by atoms with Gasteiger partial charge in [0, 0.05) is 24.9 Å². The quantitative estimate of drug-likeness (QED) is 0.739. The fraction of sp³-hybridized carbons (Fsp3) is 0.286. The van der Waals surface area contributed by atoms with Crippen LogP contribution in [0.1, 0.15) is 11.3 Å². The van der Waals surface area contributed by atoms with Gasteiger partial charge in [-0.15, -0.1) is 11.3 Å². The summed E-state index contributed by atoms with van der Waals surface area (Å²) in [5.74, 6) is 0. The number of hydrogen-bond donors (Lipinski definition) is 3. The largest absolute Gasteiger partial charge is 0.334 e. The van der Waals surface area contributed by atoms with Crippen molar-refractivity contribution in [2.45, 2.75) is 13.0 Å². The lowest BCUT2D eigenvalue weighted by molar-refractivity contribution is 0.251. The Labute approximate surface area is 143 Å². The summed E-state index contributed by atoms with van der Waals surface area (Å²) in [6.45, 7) is 1.22. The van der Waals surface area contributed by atoms with Crippen molar-refractivity contribution in [1.29, 1.82) is 0 Å². The van der Waals surface area contributed by atoms with E-state index in [2.05, 4.69) is 20.9 Å². The minimum atomic E-state index is -0.305. The van der Waals surface area contributed by atoms with Crippen LogP contribution in [0.25, 0.3) is 0 Å². The smallest absolute Gasteiger partial charge is 0.321 e. The number of nitrogens with one attached hydrogen (secondary N) is 3. The molecule has 0 aliphatic carbocycles. The second kappa shape index (κ2) is 8.33. The molecule has 22 heavy (non-hydrogen) atoms. The van der Waals surface area contributed by atoms with Crippen molar-refractivity contribution in [3.05, 3.63) is 44.9 Å². The molecule has 0 spiro atoms. The fourth-order valence-electron chi connectivity index (χ4n) is 1.71. The number of halogens is 2. The lowest BCUT2D eigenvalue weighted by Gasteiger charge is -2.06. The molecule has 1 heterocycles. The van der Waals surface area contributed by atoms with E-state index in [0.717, 1.165) is 24.2 Å². The Kier molecular flexibility index (Phi) is 6.45. The van der Waals surface area contributed by atoms with Crippen LogP contribution in [0.5, 0.6) is 0 Å². The van der Waals surface area contributed by atoms with E-state index < -0.39 is 0 Å². The third-order valence-corrected chi connectivity index (χ3v) is 4.39. The highest BCUT2D eigenvalue weighted by atomic mass is 35.5. The van der Waals surface area contributed by atoms with Gasteiger partial charge in [-0.2, -0.15) is 0 Å². The summed E-state index contributed by atoms with van der Waals surface area (Å²) in [4.78, 5) is 16.2. The molecule has 1 aromatic heterocycles. The van der Waals surface area contributed by atoms with E-state index >= 15 is 0 Å². The first-order valence-corrected chi connectivity index (χ1v) is 8.30. The van der Waals surface area contributed by atoms with Crippen LogP contribution in [0.15, 0.2) is 23.6 Å². The third kappa shape index (κ3) is 5.14. The molecule has 2 aromatic rings. The molecule has 5 nitrogen and oxygen atoms in total. The van der Waals surface area contributed by atoms with Crippen LogP contribution in [-0.4, -0.2) is 24.6 Å². The van der Waals surface area contributed by atoms with Crippen molar-refractivity contribution in [1.82, 2.24) is 15.6 Å². The maximum Gasteiger partial charge on any atom is 0.321 e. The molecule has 1 aromatic carbocycles. The minimum Gasteiger partial charge on any atom is -0.334 e. The van der Waals surface area contributed by atoms with Gasteiger partial charge in [0.05, 0.1) is 15.7 Å². The predicted octanol–water partition coefficient (Wildman–Crippen LogP) is 3.53. The Bertz CT molecular complexity index is 648.